The van der Waals surface area contributed by atoms with Gasteiger partial charge in [0.25, 0.3) is 5.91 Å². The Kier molecular flexibility index (Phi) is 4.48. The molecule has 0 bridgehead atoms. The molecule has 2 aromatic carbocycles. The molecule has 1 aliphatic rings. The van der Waals surface area contributed by atoms with Gasteiger partial charge in [0.15, 0.2) is 5.17 Å². The van der Waals surface area contributed by atoms with Crippen molar-refractivity contribution < 1.29 is 14.7 Å². The molecular formula is C18H14N2O3S. The van der Waals surface area contributed by atoms with Crippen molar-refractivity contribution in [1.29, 1.82) is 0 Å². The zero-order chi connectivity index (χ0) is 17.1. The Balaban J connectivity index is 1.86. The molecule has 1 saturated heterocycles. The maximum atomic E-state index is 12.3. The largest absolute Gasteiger partial charge is 0.478 e. The van der Waals surface area contributed by atoms with Crippen molar-refractivity contribution in [2.45, 2.75) is 0 Å². The maximum absolute atomic E-state index is 12.3. The highest BCUT2D eigenvalue weighted by Crippen LogP contribution is 2.33. The number of para-hydroxylation sites is 1. The zero-order valence-corrected chi connectivity index (χ0v) is 13.7. The van der Waals surface area contributed by atoms with Crippen molar-refractivity contribution in [2.75, 3.05) is 7.05 Å². The molecule has 0 unspecified atom stereocenters. The Morgan fingerprint density at radius 2 is 1.79 bits per heavy atom. The van der Waals surface area contributed by atoms with Gasteiger partial charge in [-0.1, -0.05) is 30.3 Å². The number of amides is 1. The van der Waals surface area contributed by atoms with E-state index in [4.69, 9.17) is 5.11 Å². The first-order valence-electron chi connectivity index (χ1n) is 7.19. The van der Waals surface area contributed by atoms with Crippen LogP contribution in [0, 0.1) is 0 Å². The summed E-state index contributed by atoms with van der Waals surface area (Å²) in [6, 6.07) is 15.8. The average molecular weight is 338 g/mol. The summed E-state index contributed by atoms with van der Waals surface area (Å²) in [5, 5.41) is 9.53. The number of likely N-dealkylation sites (N-methyl/N-ethyl adjacent to an activating group) is 1. The molecule has 1 aliphatic heterocycles. The van der Waals surface area contributed by atoms with Gasteiger partial charge in [-0.25, -0.2) is 9.79 Å². The number of carboxylic acid groups (broad SMARTS) is 1. The summed E-state index contributed by atoms with van der Waals surface area (Å²) in [7, 11) is 1.69. The third-order valence-electron chi connectivity index (χ3n) is 3.44. The van der Waals surface area contributed by atoms with Crippen molar-refractivity contribution in [3.05, 3.63) is 70.6 Å². The van der Waals surface area contributed by atoms with Gasteiger partial charge in [0.05, 0.1) is 16.2 Å². The number of benzene rings is 2. The molecule has 6 heteroatoms. The first-order valence-corrected chi connectivity index (χ1v) is 8.01. The van der Waals surface area contributed by atoms with Crippen LogP contribution in [0.5, 0.6) is 0 Å². The van der Waals surface area contributed by atoms with Gasteiger partial charge in [0.1, 0.15) is 0 Å². The Morgan fingerprint density at radius 3 is 2.42 bits per heavy atom. The number of carbonyl (C=O) groups is 2. The minimum atomic E-state index is -0.975. The third kappa shape index (κ3) is 3.38. The quantitative estimate of drug-likeness (QED) is 0.868. The standard InChI is InChI=1S/C18H14N2O3S/c1-20-16(21)15(11-12-7-9-13(10-8-12)17(22)23)24-18(20)19-14-5-3-2-4-6-14/h2-11H,1H3,(H,22,23)/b15-11-,19-18?. The van der Waals surface area contributed by atoms with Crippen molar-refractivity contribution >= 4 is 40.6 Å². The minimum absolute atomic E-state index is 0.128. The lowest BCUT2D eigenvalue weighted by Gasteiger charge is -2.06. The molecule has 1 amide bonds. The van der Waals surface area contributed by atoms with Crippen LogP contribution in [0.1, 0.15) is 15.9 Å². The van der Waals surface area contributed by atoms with Gasteiger partial charge in [-0.05, 0) is 47.7 Å². The smallest absolute Gasteiger partial charge is 0.335 e. The number of nitrogens with zero attached hydrogens (tertiary/aromatic N) is 2. The van der Waals surface area contributed by atoms with Crippen LogP contribution in [-0.4, -0.2) is 34.1 Å². The number of carboxylic acids is 1. The molecule has 0 atom stereocenters. The second-order valence-electron chi connectivity index (χ2n) is 5.13. The van der Waals surface area contributed by atoms with Crippen LogP contribution < -0.4 is 0 Å². The summed E-state index contributed by atoms with van der Waals surface area (Å²) < 4.78 is 0. The predicted octanol–water partition coefficient (Wildman–Crippen LogP) is 3.62. The molecule has 1 fully saturated rings. The van der Waals surface area contributed by atoms with E-state index >= 15 is 0 Å². The first kappa shape index (κ1) is 16.0. The lowest BCUT2D eigenvalue weighted by Crippen LogP contribution is -2.23. The number of carbonyl (C=O) groups excluding carboxylic acids is 1. The number of rotatable bonds is 3. The van der Waals surface area contributed by atoms with Crippen molar-refractivity contribution in [3.63, 3.8) is 0 Å². The van der Waals surface area contributed by atoms with E-state index in [9.17, 15) is 9.59 Å². The van der Waals surface area contributed by atoms with E-state index in [0.29, 0.717) is 10.1 Å². The van der Waals surface area contributed by atoms with Crippen LogP contribution in [0.15, 0.2) is 64.5 Å². The molecule has 0 saturated carbocycles. The van der Waals surface area contributed by atoms with E-state index in [-0.39, 0.29) is 11.5 Å². The van der Waals surface area contributed by atoms with Gasteiger partial charge >= 0.3 is 5.97 Å². The molecule has 0 radical (unpaired) electrons. The van der Waals surface area contributed by atoms with Crippen molar-refractivity contribution in [3.8, 4) is 0 Å². The lowest BCUT2D eigenvalue weighted by atomic mass is 10.1. The van der Waals surface area contributed by atoms with Crippen molar-refractivity contribution in [2.24, 2.45) is 4.99 Å². The molecule has 2 aromatic rings. The maximum Gasteiger partial charge on any atom is 0.335 e. The van der Waals surface area contributed by atoms with E-state index in [0.717, 1.165) is 11.3 Å². The topological polar surface area (TPSA) is 70.0 Å². The van der Waals surface area contributed by atoms with Crippen LogP contribution in [0.25, 0.3) is 6.08 Å². The Morgan fingerprint density at radius 1 is 1.12 bits per heavy atom. The first-order chi connectivity index (χ1) is 11.5. The second-order valence-corrected chi connectivity index (χ2v) is 6.14. The fourth-order valence-corrected chi connectivity index (χ4v) is 3.12. The predicted molar refractivity (Wildman–Crippen MR) is 95.3 cm³/mol. The third-order valence-corrected chi connectivity index (χ3v) is 4.50. The highest BCUT2D eigenvalue weighted by molar-refractivity contribution is 8.18. The van der Waals surface area contributed by atoms with E-state index in [1.165, 1.54) is 28.8 Å². The van der Waals surface area contributed by atoms with E-state index in [2.05, 4.69) is 4.99 Å². The van der Waals surface area contributed by atoms with Gasteiger partial charge in [-0.2, -0.15) is 0 Å². The number of hydrogen-bond acceptors (Lipinski definition) is 4. The molecule has 1 N–H and O–H groups in total. The van der Waals surface area contributed by atoms with E-state index < -0.39 is 5.97 Å². The number of hydrogen-bond donors (Lipinski definition) is 1. The summed E-state index contributed by atoms with van der Waals surface area (Å²) in [5.41, 5.74) is 1.77. The lowest BCUT2D eigenvalue weighted by molar-refractivity contribution is -0.121. The molecule has 24 heavy (non-hydrogen) atoms. The van der Waals surface area contributed by atoms with Gasteiger partial charge in [0, 0.05) is 7.05 Å². The van der Waals surface area contributed by atoms with Gasteiger partial charge in [-0.15, -0.1) is 0 Å². The molecule has 1 heterocycles. The van der Waals surface area contributed by atoms with Crippen LogP contribution >= 0.6 is 11.8 Å². The summed E-state index contributed by atoms with van der Waals surface area (Å²) >= 11 is 1.30. The molecule has 0 spiro atoms. The molecule has 120 valence electrons. The zero-order valence-electron chi connectivity index (χ0n) is 12.8. The van der Waals surface area contributed by atoms with Crippen LogP contribution in [0.2, 0.25) is 0 Å². The highest BCUT2D eigenvalue weighted by Gasteiger charge is 2.30. The van der Waals surface area contributed by atoms with Gasteiger partial charge in [0.2, 0.25) is 0 Å². The molecule has 5 nitrogen and oxygen atoms in total. The van der Waals surface area contributed by atoms with Crippen LogP contribution in [0.4, 0.5) is 5.69 Å². The fraction of sp³-hybridized carbons (Fsp3) is 0.0556. The van der Waals surface area contributed by atoms with Gasteiger partial charge < -0.3 is 5.11 Å². The highest BCUT2D eigenvalue weighted by atomic mass is 32.2. The number of aliphatic imine (C=N–C) groups is 1. The second kappa shape index (κ2) is 6.72. The normalized spacial score (nSPS) is 17.7. The van der Waals surface area contributed by atoms with E-state index in [1.807, 2.05) is 30.3 Å². The Bertz CT molecular complexity index is 842. The monoisotopic (exact) mass is 338 g/mol. The summed E-state index contributed by atoms with van der Waals surface area (Å²) in [6.07, 6.45) is 1.74. The van der Waals surface area contributed by atoms with Crippen LogP contribution in [0.3, 0.4) is 0 Å². The Labute approximate surface area is 143 Å². The number of amidine groups is 1. The van der Waals surface area contributed by atoms with Crippen LogP contribution in [-0.2, 0) is 4.79 Å². The molecular weight excluding hydrogens is 324 g/mol. The SMILES string of the molecule is CN1C(=O)/C(=C/c2ccc(C(=O)O)cc2)SC1=Nc1ccccc1. The summed E-state index contributed by atoms with van der Waals surface area (Å²) in [4.78, 5) is 29.8. The number of thioether (sulfide) groups is 1. The molecule has 0 aliphatic carbocycles. The fourth-order valence-electron chi connectivity index (χ4n) is 2.14. The molecule has 3 rings (SSSR count). The summed E-state index contributed by atoms with van der Waals surface area (Å²) in [6.45, 7) is 0. The minimum Gasteiger partial charge on any atom is -0.478 e. The van der Waals surface area contributed by atoms with Crippen molar-refractivity contribution in [1.82, 2.24) is 4.90 Å². The summed E-state index contributed by atoms with van der Waals surface area (Å²) in [5.74, 6) is -1.10. The molecule has 0 aromatic heterocycles. The van der Waals surface area contributed by atoms with Gasteiger partial charge in [-0.3, -0.25) is 9.69 Å². The Hall–Kier alpha value is -2.86. The average Bonchev–Trinajstić information content (AvgIpc) is 2.84. The van der Waals surface area contributed by atoms with E-state index in [1.54, 1.807) is 25.3 Å². The number of aromatic carboxylic acids is 1.